The van der Waals surface area contributed by atoms with Crippen molar-refractivity contribution >= 4 is 0 Å². The molecule has 1 aromatic rings. The highest BCUT2D eigenvalue weighted by atomic mass is 16.3. The van der Waals surface area contributed by atoms with Crippen molar-refractivity contribution in [2.75, 3.05) is 0 Å². The Morgan fingerprint density at radius 1 is 1.58 bits per heavy atom. The number of aliphatic hydroxyl groups excluding tert-OH is 1. The van der Waals surface area contributed by atoms with Crippen LogP contribution in [-0.2, 0) is 7.05 Å². The van der Waals surface area contributed by atoms with Crippen LogP contribution in [0.15, 0.2) is 11.1 Å². The van der Waals surface area contributed by atoms with Crippen LogP contribution in [0.3, 0.4) is 0 Å². The zero-order valence-electron chi connectivity index (χ0n) is 7.43. The van der Waals surface area contributed by atoms with E-state index >= 15 is 0 Å². The summed E-state index contributed by atoms with van der Waals surface area (Å²) in [5, 5.41) is 13.0. The first-order valence-corrected chi connectivity index (χ1v) is 3.82. The predicted molar refractivity (Wildman–Crippen MR) is 43.9 cm³/mol. The maximum Gasteiger partial charge on any atom is 0.345 e. The van der Waals surface area contributed by atoms with Gasteiger partial charge in [0.05, 0.1) is 12.1 Å². The molecule has 68 valence electrons. The average Bonchev–Trinajstić information content (AvgIpc) is 2.32. The third kappa shape index (κ3) is 1.40. The molecule has 1 heterocycles. The molecule has 0 radical (unpaired) electrons. The monoisotopic (exact) mass is 171 g/mol. The minimum Gasteiger partial charge on any atom is -0.391 e. The van der Waals surface area contributed by atoms with Gasteiger partial charge >= 0.3 is 5.69 Å². The van der Waals surface area contributed by atoms with Crippen molar-refractivity contribution in [1.82, 2.24) is 14.3 Å². The fraction of sp³-hybridized carbons (Fsp3) is 0.714. The molecular weight excluding hydrogens is 158 g/mol. The summed E-state index contributed by atoms with van der Waals surface area (Å²) in [7, 11) is 1.63. The van der Waals surface area contributed by atoms with Gasteiger partial charge < -0.3 is 5.11 Å². The van der Waals surface area contributed by atoms with Gasteiger partial charge in [0, 0.05) is 7.05 Å². The predicted octanol–water partition coefficient (Wildman–Crippen LogP) is -0.476. The molecule has 0 saturated heterocycles. The molecule has 0 amide bonds. The van der Waals surface area contributed by atoms with Gasteiger partial charge in [0.1, 0.15) is 6.33 Å². The maximum atomic E-state index is 11.3. The van der Waals surface area contributed by atoms with Gasteiger partial charge in [-0.15, -0.1) is 0 Å². The molecule has 0 saturated carbocycles. The molecular formula is C7H13N3O2. The van der Waals surface area contributed by atoms with Crippen LogP contribution in [-0.4, -0.2) is 25.6 Å². The van der Waals surface area contributed by atoms with Crippen molar-refractivity contribution in [3.05, 3.63) is 16.8 Å². The van der Waals surface area contributed by atoms with Crippen LogP contribution in [0, 0.1) is 0 Å². The second-order valence-corrected chi connectivity index (χ2v) is 2.95. The van der Waals surface area contributed by atoms with E-state index in [1.54, 1.807) is 20.9 Å². The molecule has 5 heteroatoms. The van der Waals surface area contributed by atoms with E-state index in [2.05, 4.69) is 5.10 Å². The van der Waals surface area contributed by atoms with Gasteiger partial charge in [-0.25, -0.2) is 9.48 Å². The summed E-state index contributed by atoms with van der Waals surface area (Å²) in [6, 6.07) is -0.279. The smallest absolute Gasteiger partial charge is 0.345 e. The third-order valence-electron chi connectivity index (χ3n) is 1.93. The fourth-order valence-electron chi connectivity index (χ4n) is 0.877. The molecule has 0 spiro atoms. The minimum atomic E-state index is -0.572. The number of aliphatic hydroxyl groups is 1. The van der Waals surface area contributed by atoms with E-state index in [9.17, 15) is 9.90 Å². The van der Waals surface area contributed by atoms with Gasteiger partial charge in [-0.2, -0.15) is 5.10 Å². The van der Waals surface area contributed by atoms with Crippen molar-refractivity contribution in [3.63, 3.8) is 0 Å². The maximum absolute atomic E-state index is 11.3. The topological polar surface area (TPSA) is 60.0 Å². The van der Waals surface area contributed by atoms with Crippen LogP contribution in [0.5, 0.6) is 0 Å². The largest absolute Gasteiger partial charge is 0.391 e. The first kappa shape index (κ1) is 8.99. The van der Waals surface area contributed by atoms with Gasteiger partial charge in [0.2, 0.25) is 0 Å². The van der Waals surface area contributed by atoms with Crippen LogP contribution in [0.4, 0.5) is 0 Å². The van der Waals surface area contributed by atoms with Crippen LogP contribution in [0.2, 0.25) is 0 Å². The number of hydrogen-bond acceptors (Lipinski definition) is 3. The van der Waals surface area contributed by atoms with Crippen LogP contribution >= 0.6 is 0 Å². The highest BCUT2D eigenvalue weighted by Gasteiger charge is 2.14. The lowest BCUT2D eigenvalue weighted by atomic mass is 10.2. The van der Waals surface area contributed by atoms with Gasteiger partial charge in [-0.05, 0) is 13.8 Å². The van der Waals surface area contributed by atoms with Gasteiger partial charge in [-0.1, -0.05) is 0 Å². The highest BCUT2D eigenvalue weighted by molar-refractivity contribution is 4.72. The summed E-state index contributed by atoms with van der Waals surface area (Å²) in [6.45, 7) is 3.38. The minimum absolute atomic E-state index is 0.205. The van der Waals surface area contributed by atoms with E-state index in [1.165, 1.54) is 15.6 Å². The van der Waals surface area contributed by atoms with Crippen molar-refractivity contribution in [2.45, 2.75) is 26.0 Å². The Morgan fingerprint density at radius 3 is 2.50 bits per heavy atom. The lowest BCUT2D eigenvalue weighted by molar-refractivity contribution is 0.130. The summed E-state index contributed by atoms with van der Waals surface area (Å²) in [4.78, 5) is 11.3. The molecule has 0 aromatic carbocycles. The molecule has 1 N–H and O–H groups in total. The highest BCUT2D eigenvalue weighted by Crippen LogP contribution is 2.04. The molecule has 1 aromatic heterocycles. The molecule has 0 aliphatic rings. The molecule has 2 unspecified atom stereocenters. The van der Waals surface area contributed by atoms with E-state index in [1.807, 2.05) is 0 Å². The Kier molecular flexibility index (Phi) is 2.32. The van der Waals surface area contributed by atoms with E-state index in [-0.39, 0.29) is 11.7 Å². The molecule has 2 atom stereocenters. The Hall–Kier alpha value is -1.10. The number of aromatic nitrogens is 3. The van der Waals surface area contributed by atoms with E-state index in [0.717, 1.165) is 0 Å². The number of nitrogens with zero attached hydrogens (tertiary/aromatic N) is 3. The fourth-order valence-corrected chi connectivity index (χ4v) is 0.877. The van der Waals surface area contributed by atoms with Crippen LogP contribution in [0.1, 0.15) is 19.9 Å². The van der Waals surface area contributed by atoms with E-state index in [0.29, 0.717) is 0 Å². The summed E-state index contributed by atoms with van der Waals surface area (Å²) in [6.07, 6.45) is 0.860. The molecule has 0 fully saturated rings. The molecule has 1 rings (SSSR count). The van der Waals surface area contributed by atoms with Crippen molar-refractivity contribution in [1.29, 1.82) is 0 Å². The Morgan fingerprint density at radius 2 is 2.17 bits per heavy atom. The summed E-state index contributed by atoms with van der Waals surface area (Å²) >= 11 is 0. The van der Waals surface area contributed by atoms with Gasteiger partial charge in [0.15, 0.2) is 0 Å². The van der Waals surface area contributed by atoms with Crippen LogP contribution in [0.25, 0.3) is 0 Å². The van der Waals surface area contributed by atoms with E-state index in [4.69, 9.17) is 0 Å². The summed E-state index contributed by atoms with van der Waals surface area (Å²) < 4.78 is 2.64. The quantitative estimate of drug-likeness (QED) is 0.654. The van der Waals surface area contributed by atoms with Gasteiger partial charge in [0.25, 0.3) is 0 Å². The first-order valence-electron chi connectivity index (χ1n) is 3.82. The summed E-state index contributed by atoms with van der Waals surface area (Å²) in [5.41, 5.74) is -0.205. The molecule has 0 bridgehead atoms. The Labute approximate surface area is 70.2 Å². The molecule has 0 aliphatic heterocycles. The van der Waals surface area contributed by atoms with E-state index < -0.39 is 6.10 Å². The zero-order chi connectivity index (χ0) is 9.30. The SMILES string of the molecule is CC(O)C(C)n1ncn(C)c1=O. The standard InChI is InChI=1S/C7H13N3O2/c1-5(6(2)11)10-7(12)9(3)4-8-10/h4-6,11H,1-3H3. The molecule has 12 heavy (non-hydrogen) atoms. The second-order valence-electron chi connectivity index (χ2n) is 2.95. The van der Waals surface area contributed by atoms with Crippen LogP contribution < -0.4 is 5.69 Å². The second kappa shape index (κ2) is 3.10. The average molecular weight is 171 g/mol. The third-order valence-corrected chi connectivity index (χ3v) is 1.93. The van der Waals surface area contributed by atoms with Crippen molar-refractivity contribution in [3.8, 4) is 0 Å². The Balaban J connectivity index is 3.04. The van der Waals surface area contributed by atoms with Crippen molar-refractivity contribution < 1.29 is 5.11 Å². The lowest BCUT2D eigenvalue weighted by Gasteiger charge is -2.12. The first-order chi connectivity index (χ1) is 5.54. The normalized spacial score (nSPS) is 16.0. The lowest BCUT2D eigenvalue weighted by Crippen LogP contribution is -2.30. The molecule has 0 aliphatic carbocycles. The zero-order valence-corrected chi connectivity index (χ0v) is 7.43. The number of aryl methyl sites for hydroxylation is 1. The van der Waals surface area contributed by atoms with Crippen molar-refractivity contribution in [2.24, 2.45) is 7.05 Å². The molecule has 5 nitrogen and oxygen atoms in total. The number of hydrogen-bond donors (Lipinski definition) is 1. The number of rotatable bonds is 2. The summed E-state index contributed by atoms with van der Waals surface area (Å²) in [5.74, 6) is 0. The Bertz CT molecular complexity index is 313. The van der Waals surface area contributed by atoms with Gasteiger partial charge in [-0.3, -0.25) is 4.57 Å².